The van der Waals surface area contributed by atoms with E-state index in [2.05, 4.69) is 57.9 Å². The van der Waals surface area contributed by atoms with Gasteiger partial charge in [0.05, 0.1) is 23.7 Å². The van der Waals surface area contributed by atoms with Crippen LogP contribution < -0.4 is 15.4 Å². The van der Waals surface area contributed by atoms with E-state index in [1.807, 2.05) is 42.4 Å². The Morgan fingerprint density at radius 3 is 2.30 bits per heavy atom. The minimum absolute atomic E-state index is 0.0110. The molecule has 0 bridgehead atoms. The van der Waals surface area contributed by atoms with Gasteiger partial charge in [0.15, 0.2) is 6.10 Å². The largest absolute Gasteiger partial charge is 0.495 e. The molecule has 61 heavy (non-hydrogen) atoms. The molecule has 0 radical (unpaired) electrons. The highest BCUT2D eigenvalue weighted by Crippen LogP contribution is 2.45. The van der Waals surface area contributed by atoms with Gasteiger partial charge in [0, 0.05) is 70.3 Å². The molecule has 5 rings (SSSR count). The maximum atomic E-state index is 13.9. The van der Waals surface area contributed by atoms with E-state index in [1.54, 1.807) is 38.1 Å². The van der Waals surface area contributed by atoms with E-state index in [0.29, 0.717) is 22.3 Å². The Balaban J connectivity index is 1.27. The number of amides is 2. The number of ether oxygens (including phenoxy) is 4. The minimum Gasteiger partial charge on any atom is -0.495 e. The first kappa shape index (κ1) is 48.8. The summed E-state index contributed by atoms with van der Waals surface area (Å²) in [6.45, 7) is 17.7. The summed E-state index contributed by atoms with van der Waals surface area (Å²) >= 11 is 6.38. The lowest BCUT2D eigenvalue weighted by atomic mass is 9.92. The standard InChI is InChI=1S/C46H65ClN4O8S2/c1-29(2)22-39-44(54)57-37(31(4)41-42(59-41)34-15-12-32(13-16-34)26-51-20-18-50(19-21-51)25-30(3)27-61-60-8)10-9-11-40(52)49-36(24-33-14-17-38(56-7)35(47)23-33)43(53)48-28-46(5,6)45(55)58-39/h9,11-17,23,29-31,36-37,39,41-42H,10,18-22,24-28H2,1-8H3,(H,48,53)(H,49,52)/b11-9-/t30?,31-,36+,37-,39-,41+,42+/m0/s1. The number of nitrogens with zero attached hydrogens (tertiary/aromatic N) is 2. The van der Waals surface area contributed by atoms with Crippen molar-refractivity contribution in [2.75, 3.05) is 58.4 Å². The van der Waals surface area contributed by atoms with Gasteiger partial charge in [-0.1, -0.05) is 97.3 Å². The number of rotatable bonds is 15. The van der Waals surface area contributed by atoms with Crippen LogP contribution in [0.1, 0.15) is 77.2 Å². The number of benzene rings is 2. The Morgan fingerprint density at radius 2 is 1.64 bits per heavy atom. The van der Waals surface area contributed by atoms with Crippen molar-refractivity contribution < 1.29 is 38.1 Å². The van der Waals surface area contributed by atoms with Crippen LogP contribution in [0.5, 0.6) is 5.75 Å². The van der Waals surface area contributed by atoms with Crippen LogP contribution in [0.25, 0.3) is 0 Å². The van der Waals surface area contributed by atoms with E-state index >= 15 is 0 Å². The summed E-state index contributed by atoms with van der Waals surface area (Å²) in [5, 5.41) is 5.98. The van der Waals surface area contributed by atoms with E-state index in [9.17, 15) is 19.2 Å². The molecule has 3 aliphatic heterocycles. The fourth-order valence-corrected chi connectivity index (χ4v) is 9.56. The molecule has 2 saturated heterocycles. The zero-order chi connectivity index (χ0) is 44.3. The van der Waals surface area contributed by atoms with Crippen LogP contribution in [0.2, 0.25) is 5.02 Å². The van der Waals surface area contributed by atoms with Crippen molar-refractivity contribution in [3.63, 3.8) is 0 Å². The molecule has 0 aliphatic carbocycles. The van der Waals surface area contributed by atoms with Crippen LogP contribution in [0, 0.1) is 23.2 Å². The maximum absolute atomic E-state index is 13.9. The molecule has 3 aliphatic rings. The van der Waals surface area contributed by atoms with Crippen LogP contribution >= 0.6 is 33.2 Å². The predicted octanol–water partition coefficient (Wildman–Crippen LogP) is 6.89. The van der Waals surface area contributed by atoms with Crippen LogP contribution in [0.4, 0.5) is 0 Å². The molecule has 2 aromatic carbocycles. The number of hydrogen-bond acceptors (Lipinski definition) is 12. The van der Waals surface area contributed by atoms with Gasteiger partial charge in [0.1, 0.15) is 24.0 Å². The predicted molar refractivity (Wildman–Crippen MR) is 243 cm³/mol. The van der Waals surface area contributed by atoms with Gasteiger partial charge in [0.25, 0.3) is 0 Å². The van der Waals surface area contributed by atoms with Crippen LogP contribution in [-0.4, -0.2) is 116 Å². The summed E-state index contributed by atoms with van der Waals surface area (Å²) in [5.74, 6) is -0.220. The van der Waals surface area contributed by atoms with E-state index < -0.39 is 47.4 Å². The fourth-order valence-electron chi connectivity index (χ4n) is 7.70. The minimum atomic E-state index is -1.21. The van der Waals surface area contributed by atoms with Gasteiger partial charge in [-0.2, -0.15) is 0 Å². The number of cyclic esters (lactones) is 2. The van der Waals surface area contributed by atoms with Gasteiger partial charge in [-0.15, -0.1) is 0 Å². The van der Waals surface area contributed by atoms with Crippen molar-refractivity contribution in [3.05, 3.63) is 76.3 Å². The summed E-state index contributed by atoms with van der Waals surface area (Å²) in [6.07, 6.45) is 3.41. The molecule has 2 amide bonds. The highest BCUT2D eigenvalue weighted by atomic mass is 35.5. The molecule has 2 fully saturated rings. The molecule has 0 saturated carbocycles. The number of carbonyl (C=O) groups is 4. The third-order valence-corrected chi connectivity index (χ3v) is 13.9. The van der Waals surface area contributed by atoms with Crippen molar-refractivity contribution in [3.8, 4) is 5.75 Å². The summed E-state index contributed by atoms with van der Waals surface area (Å²) in [7, 11) is 5.29. The van der Waals surface area contributed by atoms with E-state index in [0.717, 1.165) is 44.8 Å². The number of nitrogens with one attached hydrogen (secondary N) is 2. The number of piperazine rings is 1. The van der Waals surface area contributed by atoms with Crippen molar-refractivity contribution >= 4 is 56.9 Å². The zero-order valence-corrected chi connectivity index (χ0v) is 39.3. The summed E-state index contributed by atoms with van der Waals surface area (Å²) in [6, 6.07) is 12.7. The van der Waals surface area contributed by atoms with Gasteiger partial charge >= 0.3 is 11.9 Å². The summed E-state index contributed by atoms with van der Waals surface area (Å²) < 4.78 is 23.6. The van der Waals surface area contributed by atoms with Gasteiger partial charge in [-0.3, -0.25) is 19.3 Å². The van der Waals surface area contributed by atoms with Crippen LogP contribution in [0.15, 0.2) is 54.6 Å². The van der Waals surface area contributed by atoms with Crippen molar-refractivity contribution in [1.29, 1.82) is 0 Å². The molecule has 3 heterocycles. The van der Waals surface area contributed by atoms with E-state index in [4.69, 9.17) is 30.5 Å². The maximum Gasteiger partial charge on any atom is 0.347 e. The summed E-state index contributed by atoms with van der Waals surface area (Å²) in [5.41, 5.74) is 1.79. The molecular weight excluding hydrogens is 836 g/mol. The van der Waals surface area contributed by atoms with Crippen LogP contribution in [-0.2, 0) is 46.4 Å². The third kappa shape index (κ3) is 14.6. The smallest absolute Gasteiger partial charge is 0.347 e. The molecule has 7 atom stereocenters. The summed E-state index contributed by atoms with van der Waals surface area (Å²) in [4.78, 5) is 59.6. The van der Waals surface area contributed by atoms with Crippen molar-refractivity contribution in [1.82, 2.24) is 20.4 Å². The molecule has 336 valence electrons. The second-order valence-electron chi connectivity index (χ2n) is 17.7. The molecule has 2 N–H and O–H groups in total. The fraction of sp³-hybridized carbons (Fsp3) is 0.609. The average Bonchev–Trinajstić information content (AvgIpc) is 4.03. The van der Waals surface area contributed by atoms with Crippen molar-refractivity contribution in [2.45, 2.75) is 97.8 Å². The Labute approximate surface area is 375 Å². The number of halogens is 1. The number of esters is 2. The number of methoxy groups -OCH3 is 1. The SMILES string of the molecule is COc1ccc(C[C@H]2NC(=O)/C=C\C[C@@H]([C@H](C)[C@H]3O[C@@H]3c3ccc(CN4CCN(CC(C)CSSC)CC4)cc3)OC(=O)[C@H](CC(C)C)OC(=O)C(C)(C)CNC2=O)cc1Cl. The normalized spacial score (nSPS) is 26.1. The third-order valence-electron chi connectivity index (χ3n) is 11.5. The average molecular weight is 902 g/mol. The Kier molecular flexibility index (Phi) is 18.3. The zero-order valence-electron chi connectivity index (χ0n) is 36.9. The molecule has 12 nitrogen and oxygen atoms in total. The van der Waals surface area contributed by atoms with Gasteiger partial charge in [0.2, 0.25) is 11.8 Å². The van der Waals surface area contributed by atoms with E-state index in [-0.39, 0.29) is 49.9 Å². The van der Waals surface area contributed by atoms with Gasteiger partial charge < -0.3 is 34.5 Å². The quantitative estimate of drug-likeness (QED) is 0.109. The lowest BCUT2D eigenvalue weighted by Crippen LogP contribution is -2.51. The number of hydrogen-bond donors (Lipinski definition) is 2. The topological polar surface area (TPSA) is 139 Å². The Bertz CT molecular complexity index is 1820. The molecule has 1 unspecified atom stereocenters. The molecule has 0 spiro atoms. The highest BCUT2D eigenvalue weighted by molar-refractivity contribution is 8.76. The second kappa shape index (κ2) is 22.9. The monoisotopic (exact) mass is 900 g/mol. The molecule has 2 aromatic rings. The highest BCUT2D eigenvalue weighted by Gasteiger charge is 2.48. The van der Waals surface area contributed by atoms with Crippen LogP contribution in [0.3, 0.4) is 0 Å². The second-order valence-corrected chi connectivity index (χ2v) is 20.7. The van der Waals surface area contributed by atoms with E-state index in [1.165, 1.54) is 24.5 Å². The first-order valence-electron chi connectivity index (χ1n) is 21.4. The lowest BCUT2D eigenvalue weighted by molar-refractivity contribution is -0.179. The first-order valence-corrected chi connectivity index (χ1v) is 24.5. The van der Waals surface area contributed by atoms with Crippen molar-refractivity contribution in [2.24, 2.45) is 23.2 Å². The Morgan fingerprint density at radius 1 is 0.951 bits per heavy atom. The molecule has 15 heteroatoms. The Hall–Kier alpha value is -3.27. The lowest BCUT2D eigenvalue weighted by Gasteiger charge is -2.36. The van der Waals surface area contributed by atoms with Gasteiger partial charge in [-0.05, 0) is 73.3 Å². The first-order chi connectivity index (χ1) is 29.1. The number of epoxide rings is 1. The van der Waals surface area contributed by atoms with Gasteiger partial charge in [-0.25, -0.2) is 4.79 Å². The molecular formula is C46H65ClN4O8S2. The molecule has 0 aromatic heterocycles. The number of carbonyl (C=O) groups excluding carboxylic acids is 4.